The Labute approximate surface area is 147 Å². The molecule has 0 aliphatic carbocycles. The fourth-order valence-corrected chi connectivity index (χ4v) is 4.33. The predicted molar refractivity (Wildman–Crippen MR) is 92.5 cm³/mol. The van der Waals surface area contributed by atoms with Crippen LogP contribution in [0, 0.1) is 5.92 Å². The first kappa shape index (κ1) is 17.8. The molecule has 2 aromatic heterocycles. The molecule has 2 aromatic rings. The molecule has 1 aliphatic rings. The summed E-state index contributed by atoms with van der Waals surface area (Å²) in [6, 6.07) is 0. The van der Waals surface area contributed by atoms with E-state index in [1.807, 2.05) is 6.92 Å². The van der Waals surface area contributed by atoms with Gasteiger partial charge in [-0.25, -0.2) is 18.4 Å². The van der Waals surface area contributed by atoms with Gasteiger partial charge in [-0.05, 0) is 19.3 Å². The van der Waals surface area contributed by atoms with Crippen molar-refractivity contribution in [2.45, 2.75) is 51.9 Å². The lowest BCUT2D eigenvalue weighted by atomic mass is 10.1. The number of rotatable bonds is 5. The molecule has 8 nitrogen and oxygen atoms in total. The van der Waals surface area contributed by atoms with Crippen LogP contribution in [0.1, 0.15) is 32.0 Å². The van der Waals surface area contributed by atoms with Crippen LogP contribution in [0.2, 0.25) is 0 Å². The minimum Gasteiger partial charge on any atom is -0.336 e. The number of hydrogen-bond acceptors (Lipinski definition) is 5. The number of hydrogen-bond donors (Lipinski definition) is 0. The molecule has 136 valence electrons. The average molecular weight is 365 g/mol. The molecule has 0 N–H and O–H groups in total. The maximum Gasteiger partial charge on any atom is 0.262 e. The van der Waals surface area contributed by atoms with Gasteiger partial charge in [0, 0.05) is 31.4 Å². The number of aromatic nitrogens is 4. The van der Waals surface area contributed by atoms with Crippen LogP contribution in [-0.4, -0.2) is 38.4 Å². The van der Waals surface area contributed by atoms with E-state index in [0.29, 0.717) is 36.7 Å². The Morgan fingerprint density at radius 1 is 1.24 bits per heavy atom. The predicted octanol–water partition coefficient (Wildman–Crippen LogP) is 0.863. The smallest absolute Gasteiger partial charge is 0.262 e. The number of sulfonamides is 1. The Morgan fingerprint density at radius 3 is 2.68 bits per heavy atom. The molecule has 0 saturated heterocycles. The Balaban J connectivity index is 1.86. The Kier molecular flexibility index (Phi) is 4.79. The molecule has 0 amide bonds. The van der Waals surface area contributed by atoms with Gasteiger partial charge in [0.05, 0.1) is 24.9 Å². The summed E-state index contributed by atoms with van der Waals surface area (Å²) in [6.45, 7) is 7.63. The van der Waals surface area contributed by atoms with Gasteiger partial charge < -0.3 is 4.57 Å². The standard InChI is InChI=1S/C16H23N5O3S/c1-4-20-11-17-14-8-21(6-5-13(14)16(20)22)25(23,24)15-9-19(10-18-15)7-12(2)3/h9-12H,4-8H2,1-3H3. The largest absolute Gasteiger partial charge is 0.336 e. The van der Waals surface area contributed by atoms with Crippen molar-refractivity contribution in [2.75, 3.05) is 6.54 Å². The lowest BCUT2D eigenvalue weighted by molar-refractivity contribution is 0.379. The first-order chi connectivity index (χ1) is 11.8. The molecule has 0 spiro atoms. The van der Waals surface area contributed by atoms with Gasteiger partial charge in [0.15, 0.2) is 5.03 Å². The highest BCUT2D eigenvalue weighted by Crippen LogP contribution is 2.21. The van der Waals surface area contributed by atoms with Crippen LogP contribution in [0.5, 0.6) is 0 Å². The summed E-state index contributed by atoms with van der Waals surface area (Å²) < 4.78 is 30.4. The van der Waals surface area contributed by atoms with Crippen molar-refractivity contribution < 1.29 is 8.42 Å². The van der Waals surface area contributed by atoms with E-state index >= 15 is 0 Å². The van der Waals surface area contributed by atoms with E-state index in [0.717, 1.165) is 0 Å². The first-order valence-electron chi connectivity index (χ1n) is 8.42. The van der Waals surface area contributed by atoms with Crippen LogP contribution in [0.25, 0.3) is 0 Å². The minimum atomic E-state index is -3.70. The van der Waals surface area contributed by atoms with E-state index in [2.05, 4.69) is 23.8 Å². The van der Waals surface area contributed by atoms with Crippen LogP contribution >= 0.6 is 0 Å². The molecule has 1 aliphatic heterocycles. The second kappa shape index (κ2) is 6.72. The van der Waals surface area contributed by atoms with Crippen LogP contribution in [0.4, 0.5) is 0 Å². The van der Waals surface area contributed by atoms with Crippen molar-refractivity contribution in [3.63, 3.8) is 0 Å². The molecular weight excluding hydrogens is 342 g/mol. The third-order valence-corrected chi connectivity index (χ3v) is 6.02. The normalized spacial score (nSPS) is 15.5. The number of aryl methyl sites for hydroxylation is 1. The van der Waals surface area contributed by atoms with Gasteiger partial charge in [0.1, 0.15) is 0 Å². The highest BCUT2D eigenvalue weighted by Gasteiger charge is 2.32. The number of nitrogens with zero attached hydrogens (tertiary/aromatic N) is 5. The lowest BCUT2D eigenvalue weighted by Gasteiger charge is -2.26. The average Bonchev–Trinajstić information content (AvgIpc) is 3.03. The van der Waals surface area contributed by atoms with Gasteiger partial charge >= 0.3 is 0 Å². The summed E-state index contributed by atoms with van der Waals surface area (Å²) in [5, 5.41) is 0.0403. The van der Waals surface area contributed by atoms with Gasteiger partial charge in [-0.1, -0.05) is 13.8 Å². The third-order valence-electron chi connectivity index (χ3n) is 4.29. The van der Waals surface area contributed by atoms with Gasteiger partial charge in [0.25, 0.3) is 15.6 Å². The minimum absolute atomic E-state index is 0.0403. The summed E-state index contributed by atoms with van der Waals surface area (Å²) in [5.41, 5.74) is 1.07. The topological polar surface area (TPSA) is 90.1 Å². The summed E-state index contributed by atoms with van der Waals surface area (Å²) in [4.78, 5) is 20.7. The van der Waals surface area contributed by atoms with Crippen molar-refractivity contribution in [3.05, 3.63) is 40.5 Å². The Bertz CT molecular complexity index is 929. The maximum absolute atomic E-state index is 12.8. The molecule has 0 atom stereocenters. The second-order valence-corrected chi connectivity index (χ2v) is 8.54. The maximum atomic E-state index is 12.8. The molecule has 9 heteroatoms. The SMILES string of the molecule is CCn1cnc2c(c1=O)CCN(S(=O)(=O)c1cn(CC(C)C)cn1)C2. The van der Waals surface area contributed by atoms with Crippen molar-refractivity contribution >= 4 is 10.0 Å². The zero-order valence-corrected chi connectivity index (χ0v) is 15.5. The quantitative estimate of drug-likeness (QED) is 0.784. The second-order valence-electron chi connectivity index (χ2n) is 6.65. The van der Waals surface area contributed by atoms with E-state index < -0.39 is 10.0 Å². The van der Waals surface area contributed by atoms with Crippen LogP contribution in [-0.2, 0) is 36.1 Å². The van der Waals surface area contributed by atoms with Crippen molar-refractivity contribution in [1.82, 2.24) is 23.4 Å². The molecule has 3 rings (SSSR count). The monoisotopic (exact) mass is 365 g/mol. The lowest BCUT2D eigenvalue weighted by Crippen LogP contribution is -2.40. The molecule has 0 fully saturated rings. The van der Waals surface area contributed by atoms with E-state index in [4.69, 9.17) is 0 Å². The van der Waals surface area contributed by atoms with Gasteiger partial charge in [0.2, 0.25) is 0 Å². The molecule has 3 heterocycles. The van der Waals surface area contributed by atoms with E-state index in [1.165, 1.54) is 15.2 Å². The fourth-order valence-electron chi connectivity index (χ4n) is 2.99. The zero-order valence-electron chi connectivity index (χ0n) is 14.7. The summed E-state index contributed by atoms with van der Waals surface area (Å²) in [6.07, 6.45) is 4.96. The molecule has 0 aromatic carbocycles. The molecule has 25 heavy (non-hydrogen) atoms. The highest BCUT2D eigenvalue weighted by molar-refractivity contribution is 7.89. The van der Waals surface area contributed by atoms with Gasteiger partial charge in [-0.3, -0.25) is 9.36 Å². The van der Waals surface area contributed by atoms with Crippen molar-refractivity contribution in [2.24, 2.45) is 5.92 Å². The van der Waals surface area contributed by atoms with E-state index in [9.17, 15) is 13.2 Å². The summed E-state index contributed by atoms with van der Waals surface area (Å²) >= 11 is 0. The highest BCUT2D eigenvalue weighted by atomic mass is 32.2. The molecule has 0 saturated carbocycles. The van der Waals surface area contributed by atoms with E-state index in [1.54, 1.807) is 17.1 Å². The molecule has 0 unspecified atom stereocenters. The Hall–Kier alpha value is -2.00. The first-order valence-corrected chi connectivity index (χ1v) is 9.86. The van der Waals surface area contributed by atoms with Crippen LogP contribution in [0.15, 0.2) is 28.7 Å². The molecule has 0 bridgehead atoms. The third kappa shape index (κ3) is 3.38. The number of fused-ring (bicyclic) bond motifs is 1. The van der Waals surface area contributed by atoms with E-state index in [-0.39, 0.29) is 23.7 Å². The van der Waals surface area contributed by atoms with Crippen molar-refractivity contribution in [1.29, 1.82) is 0 Å². The van der Waals surface area contributed by atoms with Crippen LogP contribution in [0.3, 0.4) is 0 Å². The molecular formula is C16H23N5O3S. The fraction of sp³-hybridized carbons (Fsp3) is 0.562. The summed E-state index contributed by atoms with van der Waals surface area (Å²) in [5.74, 6) is 0.400. The Morgan fingerprint density at radius 2 is 2.00 bits per heavy atom. The zero-order chi connectivity index (χ0) is 18.2. The van der Waals surface area contributed by atoms with Gasteiger partial charge in [-0.2, -0.15) is 4.31 Å². The number of imidazole rings is 1. The molecule has 0 radical (unpaired) electrons. The summed E-state index contributed by atoms with van der Waals surface area (Å²) in [7, 11) is -3.70. The van der Waals surface area contributed by atoms with Crippen molar-refractivity contribution in [3.8, 4) is 0 Å². The van der Waals surface area contributed by atoms with Crippen LogP contribution < -0.4 is 5.56 Å². The van der Waals surface area contributed by atoms with Gasteiger partial charge in [-0.15, -0.1) is 0 Å².